The maximum atomic E-state index is 12.0. The van der Waals surface area contributed by atoms with Crippen molar-refractivity contribution in [1.82, 2.24) is 4.91 Å². The van der Waals surface area contributed by atoms with Gasteiger partial charge in [0, 0.05) is 0 Å². The van der Waals surface area contributed by atoms with Crippen LogP contribution in [0.3, 0.4) is 0 Å². The molecule has 0 atom stereocenters. The van der Waals surface area contributed by atoms with Crippen LogP contribution >= 0.6 is 0 Å². The van der Waals surface area contributed by atoms with Gasteiger partial charge in [-0.15, -0.1) is 0 Å². The summed E-state index contributed by atoms with van der Waals surface area (Å²) in [6, 6.07) is 6.47. The summed E-state index contributed by atoms with van der Waals surface area (Å²) >= 11 is 0. The largest absolute Gasteiger partial charge is 0.377 e. The van der Waals surface area contributed by atoms with Crippen LogP contribution in [0.2, 0.25) is 0 Å². The van der Waals surface area contributed by atoms with E-state index in [1.807, 2.05) is 6.92 Å². The first kappa shape index (κ1) is 33.2. The van der Waals surface area contributed by atoms with E-state index in [9.17, 15) is 8.42 Å². The monoisotopic (exact) mass is 550 g/mol. The molecule has 0 amide bonds. The zero-order chi connectivity index (χ0) is 26.9. The molecule has 1 aromatic rings. The van der Waals surface area contributed by atoms with Crippen LogP contribution in [-0.4, -0.2) is 114 Å². The topological polar surface area (TPSA) is 158 Å². The van der Waals surface area contributed by atoms with Gasteiger partial charge in [0.1, 0.15) is 17.2 Å². The van der Waals surface area contributed by atoms with Gasteiger partial charge < -0.3 is 33.2 Å². The lowest BCUT2D eigenvalue weighted by Crippen LogP contribution is -2.15. The molecule has 0 aromatic heterocycles. The van der Waals surface area contributed by atoms with Crippen LogP contribution < -0.4 is 4.91 Å². The van der Waals surface area contributed by atoms with E-state index in [0.717, 1.165) is 5.56 Å². The van der Waals surface area contributed by atoms with Gasteiger partial charge in [0.2, 0.25) is 4.91 Å². The van der Waals surface area contributed by atoms with Crippen molar-refractivity contribution in [1.29, 1.82) is 5.53 Å². The van der Waals surface area contributed by atoms with Gasteiger partial charge in [-0.05, 0) is 19.1 Å². The highest BCUT2D eigenvalue weighted by molar-refractivity contribution is 7.86. The fraction of sp³-hybridized carbons (Fsp3) is 0.739. The quantitative estimate of drug-likeness (QED) is 0.0773. The molecule has 0 aliphatic rings. The van der Waals surface area contributed by atoms with Crippen molar-refractivity contribution >= 4 is 10.1 Å². The average Bonchev–Trinajstić information content (AvgIpc) is 2.89. The lowest BCUT2D eigenvalue weighted by molar-refractivity contribution is -0.0209. The number of rotatable bonds is 26. The second kappa shape index (κ2) is 23.3. The first-order chi connectivity index (χ1) is 18.1. The van der Waals surface area contributed by atoms with Gasteiger partial charge in [-0.1, -0.05) is 17.7 Å². The van der Waals surface area contributed by atoms with Crippen LogP contribution in [0, 0.1) is 12.5 Å². The Hall–Kier alpha value is -1.84. The molecular formula is C23H40N3O10S+. The molecule has 212 valence electrons. The number of nitrogens with zero attached hydrogens (tertiary/aromatic N) is 2. The van der Waals surface area contributed by atoms with Crippen LogP contribution in [0.15, 0.2) is 34.3 Å². The molecule has 0 heterocycles. The maximum absolute atomic E-state index is 12.0. The third kappa shape index (κ3) is 19.9. The molecule has 1 N–H and O–H groups in total. The van der Waals surface area contributed by atoms with E-state index in [1.54, 1.807) is 12.1 Å². The summed E-state index contributed by atoms with van der Waals surface area (Å²) < 4.78 is 66.5. The third-order valence-electron chi connectivity index (χ3n) is 4.41. The summed E-state index contributed by atoms with van der Waals surface area (Å²) in [4.78, 5) is 3.01. The molecule has 0 saturated heterocycles. The highest BCUT2D eigenvalue weighted by Gasteiger charge is 2.14. The minimum atomic E-state index is -3.77. The molecule has 0 aliphatic carbocycles. The second-order valence-corrected chi connectivity index (χ2v) is 8.96. The first-order valence-electron chi connectivity index (χ1n) is 12.1. The summed E-state index contributed by atoms with van der Waals surface area (Å²) in [5.41, 5.74) is 7.47. The Morgan fingerprint density at radius 1 is 0.622 bits per heavy atom. The zero-order valence-electron chi connectivity index (χ0n) is 21.5. The van der Waals surface area contributed by atoms with E-state index in [0.29, 0.717) is 92.4 Å². The van der Waals surface area contributed by atoms with E-state index >= 15 is 0 Å². The fourth-order valence-electron chi connectivity index (χ4n) is 2.55. The van der Waals surface area contributed by atoms with E-state index in [2.05, 4.69) is 10.0 Å². The van der Waals surface area contributed by atoms with E-state index in [4.69, 9.17) is 42.9 Å². The van der Waals surface area contributed by atoms with Crippen molar-refractivity contribution in [2.75, 3.05) is 106 Å². The van der Waals surface area contributed by atoms with Crippen molar-refractivity contribution in [3.8, 4) is 0 Å². The smallest absolute Gasteiger partial charge is 0.297 e. The molecule has 0 bridgehead atoms. The Labute approximate surface area is 219 Å². The first-order valence-corrected chi connectivity index (χ1v) is 13.5. The predicted molar refractivity (Wildman–Crippen MR) is 132 cm³/mol. The average molecular weight is 551 g/mol. The Kier molecular flexibility index (Phi) is 20.9. The number of hydrogen-bond donors (Lipinski definition) is 1. The summed E-state index contributed by atoms with van der Waals surface area (Å²) in [6.07, 6.45) is 0. The minimum Gasteiger partial charge on any atom is -0.377 e. The van der Waals surface area contributed by atoms with Gasteiger partial charge >= 0.3 is 0 Å². The van der Waals surface area contributed by atoms with Gasteiger partial charge in [-0.3, -0.25) is 4.18 Å². The summed E-state index contributed by atoms with van der Waals surface area (Å²) in [6.45, 7) is 8.12. The van der Waals surface area contributed by atoms with Gasteiger partial charge in [-0.25, -0.2) is 0 Å². The molecule has 1 rings (SSSR count). The molecule has 13 nitrogen and oxygen atoms in total. The van der Waals surface area contributed by atoms with Crippen molar-refractivity contribution in [3.05, 3.63) is 29.8 Å². The van der Waals surface area contributed by atoms with Crippen LogP contribution in [-0.2, 0) is 47.5 Å². The summed E-state index contributed by atoms with van der Waals surface area (Å²) in [5.74, 6) is 0. The van der Waals surface area contributed by atoms with Gasteiger partial charge in [0.05, 0.1) is 104 Å². The normalized spacial score (nSPS) is 11.5. The molecule has 0 radical (unpaired) electrons. The van der Waals surface area contributed by atoms with Crippen LogP contribution in [0.4, 0.5) is 0 Å². The van der Waals surface area contributed by atoms with Crippen LogP contribution in [0.25, 0.3) is 0 Å². The third-order valence-corrected chi connectivity index (χ3v) is 5.74. The maximum Gasteiger partial charge on any atom is 0.297 e. The highest BCUT2D eigenvalue weighted by Crippen LogP contribution is 2.12. The Bertz CT molecular complexity index is 821. The lowest BCUT2D eigenvalue weighted by Gasteiger charge is -2.09. The van der Waals surface area contributed by atoms with Gasteiger partial charge in [0.25, 0.3) is 10.1 Å². The van der Waals surface area contributed by atoms with Crippen molar-refractivity contribution in [3.63, 3.8) is 0 Å². The molecule has 0 saturated carbocycles. The van der Waals surface area contributed by atoms with Gasteiger partial charge in [0.15, 0.2) is 0 Å². The summed E-state index contributed by atoms with van der Waals surface area (Å²) in [5, 5.41) is 3.47. The molecule has 0 unspecified atom stereocenters. The molecule has 14 heteroatoms. The highest BCUT2D eigenvalue weighted by atomic mass is 32.2. The molecule has 0 spiro atoms. The van der Waals surface area contributed by atoms with E-state index < -0.39 is 10.1 Å². The Balaban J connectivity index is 1.75. The molecule has 0 aliphatic heterocycles. The molecule has 0 fully saturated rings. The number of hydrogen-bond acceptors (Lipinski definition) is 12. The number of nitrogens with one attached hydrogen (secondary N) is 1. The van der Waals surface area contributed by atoms with E-state index in [-0.39, 0.29) is 18.1 Å². The van der Waals surface area contributed by atoms with Crippen LogP contribution in [0.5, 0.6) is 0 Å². The zero-order valence-corrected chi connectivity index (χ0v) is 22.3. The van der Waals surface area contributed by atoms with Crippen molar-refractivity contribution in [2.45, 2.75) is 11.8 Å². The number of benzene rings is 1. The lowest BCUT2D eigenvalue weighted by atomic mass is 10.2. The van der Waals surface area contributed by atoms with Crippen LogP contribution in [0.1, 0.15) is 5.56 Å². The number of ether oxygens (including phenoxy) is 7. The van der Waals surface area contributed by atoms with Crippen molar-refractivity contribution < 1.29 is 45.8 Å². The minimum absolute atomic E-state index is 0.0582. The summed E-state index contributed by atoms with van der Waals surface area (Å²) in [7, 11) is -3.77. The molecule has 37 heavy (non-hydrogen) atoms. The van der Waals surface area contributed by atoms with E-state index in [1.165, 1.54) is 12.1 Å². The van der Waals surface area contributed by atoms with Gasteiger partial charge in [-0.2, -0.15) is 8.42 Å². The predicted octanol–water partition coefficient (Wildman–Crippen LogP) is 1.37. The SMILES string of the molecule is Cc1ccc(S(=O)(=O)OCCOCCOCCOCCOCCOCCOCCOCCN=[N+]=N)cc1. The molecular weight excluding hydrogens is 510 g/mol. The number of aryl methyl sites for hydroxylation is 1. The second-order valence-electron chi connectivity index (χ2n) is 7.34. The van der Waals surface area contributed by atoms with Crippen molar-refractivity contribution in [2.24, 2.45) is 5.11 Å². The Morgan fingerprint density at radius 2 is 0.973 bits per heavy atom. The molecule has 1 aromatic carbocycles. The Morgan fingerprint density at radius 3 is 1.35 bits per heavy atom. The fourth-order valence-corrected chi connectivity index (χ4v) is 3.45. The standard InChI is InChI=1S/C23H40N3O10S/c1-22-2-4-23(5-3-22)37(27,28)36-21-20-35-19-18-34-17-16-33-15-14-32-13-12-31-11-10-30-9-8-29-7-6-25-26-24/h2-5,24H,6-21H2,1H3/q+1.